The van der Waals surface area contributed by atoms with Gasteiger partial charge in [-0.1, -0.05) is 36.0 Å². The molecule has 82 valence electrons. The third-order valence-electron chi connectivity index (χ3n) is 2.61. The number of anilines is 1. The van der Waals surface area contributed by atoms with E-state index in [1.54, 1.807) is 23.9 Å². The minimum absolute atomic E-state index is 0.626. The van der Waals surface area contributed by atoms with Crippen LogP contribution >= 0.6 is 35.0 Å². The summed E-state index contributed by atoms with van der Waals surface area (Å²) in [5.41, 5.74) is 6.28. The number of benzene rings is 1. The van der Waals surface area contributed by atoms with Crippen LogP contribution in [0, 0.1) is 0 Å². The van der Waals surface area contributed by atoms with E-state index >= 15 is 0 Å². The van der Waals surface area contributed by atoms with E-state index in [1.807, 2.05) is 0 Å². The predicted octanol–water partition coefficient (Wildman–Crippen LogP) is 4.61. The highest BCUT2D eigenvalue weighted by atomic mass is 35.5. The van der Waals surface area contributed by atoms with Gasteiger partial charge in [-0.15, -0.1) is 11.8 Å². The van der Waals surface area contributed by atoms with Gasteiger partial charge >= 0.3 is 0 Å². The number of thioether (sulfide) groups is 1. The minimum Gasteiger partial charge on any atom is -0.399 e. The normalized spacial score (nSPS) is 17.2. The molecule has 1 aromatic carbocycles. The molecule has 1 aromatic rings. The third-order valence-corrected chi connectivity index (χ3v) is 4.91. The molecule has 0 heterocycles. The molecular weight excluding hydrogens is 249 g/mol. The quantitative estimate of drug-likeness (QED) is 0.787. The molecule has 0 spiro atoms. The Morgan fingerprint density at radius 3 is 2.20 bits per heavy atom. The van der Waals surface area contributed by atoms with Gasteiger partial charge in [0.25, 0.3) is 0 Å². The fraction of sp³-hybridized carbons (Fsp3) is 0.455. The van der Waals surface area contributed by atoms with Gasteiger partial charge in [-0.3, -0.25) is 0 Å². The van der Waals surface area contributed by atoms with Crippen molar-refractivity contribution in [2.75, 3.05) is 5.73 Å². The van der Waals surface area contributed by atoms with Crippen molar-refractivity contribution in [3.05, 3.63) is 22.2 Å². The molecule has 2 rings (SSSR count). The first-order valence-corrected chi connectivity index (χ1v) is 6.71. The second-order valence-electron chi connectivity index (χ2n) is 3.84. The highest BCUT2D eigenvalue weighted by molar-refractivity contribution is 8.00. The van der Waals surface area contributed by atoms with E-state index in [4.69, 9.17) is 28.9 Å². The van der Waals surface area contributed by atoms with E-state index in [0.29, 0.717) is 21.0 Å². The second-order valence-corrected chi connectivity index (χ2v) is 5.96. The molecule has 0 aliphatic heterocycles. The highest BCUT2D eigenvalue weighted by Crippen LogP contribution is 2.42. The molecule has 0 unspecified atom stereocenters. The molecule has 0 atom stereocenters. The molecular formula is C11H13Cl2NS. The molecule has 1 fully saturated rings. The summed E-state index contributed by atoms with van der Waals surface area (Å²) >= 11 is 14.0. The molecule has 2 N–H and O–H groups in total. The van der Waals surface area contributed by atoms with E-state index in [-0.39, 0.29) is 0 Å². The van der Waals surface area contributed by atoms with Crippen LogP contribution in [-0.4, -0.2) is 5.25 Å². The summed E-state index contributed by atoms with van der Waals surface area (Å²) in [5.74, 6) is 0. The van der Waals surface area contributed by atoms with Crippen LogP contribution in [0.2, 0.25) is 10.0 Å². The largest absolute Gasteiger partial charge is 0.399 e. The van der Waals surface area contributed by atoms with Gasteiger partial charge in [-0.2, -0.15) is 0 Å². The Balaban J connectivity index is 2.19. The zero-order chi connectivity index (χ0) is 10.8. The van der Waals surface area contributed by atoms with Crippen LogP contribution in [0.25, 0.3) is 0 Å². The van der Waals surface area contributed by atoms with Gasteiger partial charge in [-0.25, -0.2) is 0 Å². The van der Waals surface area contributed by atoms with Crippen molar-refractivity contribution >= 4 is 40.7 Å². The Labute approximate surface area is 104 Å². The maximum atomic E-state index is 6.13. The van der Waals surface area contributed by atoms with Gasteiger partial charge in [0.15, 0.2) is 0 Å². The minimum atomic E-state index is 0.626. The molecule has 1 saturated carbocycles. The number of nitrogens with two attached hydrogens (primary N) is 1. The van der Waals surface area contributed by atoms with Crippen LogP contribution in [0.3, 0.4) is 0 Å². The summed E-state index contributed by atoms with van der Waals surface area (Å²) in [5, 5.41) is 2.03. The van der Waals surface area contributed by atoms with Crippen molar-refractivity contribution in [3.63, 3.8) is 0 Å². The molecule has 0 radical (unpaired) electrons. The van der Waals surface area contributed by atoms with Crippen molar-refractivity contribution in [1.29, 1.82) is 0 Å². The lowest BCUT2D eigenvalue weighted by Gasteiger charge is -2.12. The summed E-state index contributed by atoms with van der Waals surface area (Å²) < 4.78 is 0. The number of nitrogen functional groups attached to an aromatic ring is 1. The Morgan fingerprint density at radius 2 is 1.67 bits per heavy atom. The number of rotatable bonds is 2. The Hall–Kier alpha value is -0.0500. The van der Waals surface area contributed by atoms with Crippen LogP contribution in [0.15, 0.2) is 17.0 Å². The van der Waals surface area contributed by atoms with Gasteiger partial charge in [0.1, 0.15) is 0 Å². The Bertz CT molecular complexity index is 339. The summed E-state index contributed by atoms with van der Waals surface area (Å²) in [7, 11) is 0. The van der Waals surface area contributed by atoms with Crippen LogP contribution in [0.5, 0.6) is 0 Å². The maximum absolute atomic E-state index is 6.13. The Morgan fingerprint density at radius 1 is 1.13 bits per heavy atom. The van der Waals surface area contributed by atoms with Crippen molar-refractivity contribution in [1.82, 2.24) is 0 Å². The maximum Gasteiger partial charge on any atom is 0.0577 e. The van der Waals surface area contributed by atoms with Crippen LogP contribution in [0.1, 0.15) is 25.7 Å². The molecule has 1 aliphatic carbocycles. The first-order valence-electron chi connectivity index (χ1n) is 5.08. The first-order chi connectivity index (χ1) is 7.16. The number of hydrogen-bond acceptors (Lipinski definition) is 2. The SMILES string of the molecule is Nc1cc(Cl)c(SC2CCCC2)c(Cl)c1. The van der Waals surface area contributed by atoms with Crippen molar-refractivity contribution in [2.45, 2.75) is 35.8 Å². The fourth-order valence-corrected chi connectivity index (χ4v) is 3.88. The van der Waals surface area contributed by atoms with Crippen LogP contribution in [-0.2, 0) is 0 Å². The molecule has 0 amide bonds. The van der Waals surface area contributed by atoms with Crippen molar-refractivity contribution in [3.8, 4) is 0 Å². The average Bonchev–Trinajstić information content (AvgIpc) is 2.63. The van der Waals surface area contributed by atoms with Gasteiger partial charge in [-0.05, 0) is 25.0 Å². The van der Waals surface area contributed by atoms with Crippen LogP contribution < -0.4 is 5.73 Å². The summed E-state index contributed by atoms with van der Waals surface area (Å²) in [6, 6.07) is 3.54. The van der Waals surface area contributed by atoms with E-state index in [0.717, 1.165) is 4.90 Å². The van der Waals surface area contributed by atoms with Crippen molar-refractivity contribution in [2.24, 2.45) is 0 Å². The third kappa shape index (κ3) is 2.74. The lowest BCUT2D eigenvalue weighted by molar-refractivity contribution is 0.886. The fourth-order valence-electron chi connectivity index (χ4n) is 1.86. The summed E-state index contributed by atoms with van der Waals surface area (Å²) in [6.07, 6.45) is 5.17. The molecule has 0 saturated heterocycles. The molecule has 0 aromatic heterocycles. The van der Waals surface area contributed by atoms with Gasteiger partial charge < -0.3 is 5.73 Å². The van der Waals surface area contributed by atoms with Crippen LogP contribution in [0.4, 0.5) is 5.69 Å². The number of hydrogen-bond donors (Lipinski definition) is 1. The standard InChI is InChI=1S/C11H13Cl2NS/c12-9-5-7(14)6-10(13)11(9)15-8-3-1-2-4-8/h5-6,8H,1-4,14H2. The summed E-state index contributed by atoms with van der Waals surface area (Å²) in [6.45, 7) is 0. The van der Waals surface area contributed by atoms with Crippen molar-refractivity contribution < 1.29 is 0 Å². The van der Waals surface area contributed by atoms with Gasteiger partial charge in [0.05, 0.1) is 10.0 Å². The molecule has 1 aliphatic rings. The number of halogens is 2. The molecule has 0 bridgehead atoms. The Kier molecular flexibility index (Phi) is 3.70. The van der Waals surface area contributed by atoms with E-state index in [2.05, 4.69) is 0 Å². The van der Waals surface area contributed by atoms with Gasteiger partial charge in [0, 0.05) is 15.8 Å². The van der Waals surface area contributed by atoms with E-state index in [9.17, 15) is 0 Å². The lowest BCUT2D eigenvalue weighted by atomic mass is 10.3. The zero-order valence-corrected chi connectivity index (χ0v) is 10.6. The second kappa shape index (κ2) is 4.86. The average molecular weight is 262 g/mol. The zero-order valence-electron chi connectivity index (χ0n) is 8.30. The van der Waals surface area contributed by atoms with Gasteiger partial charge in [0.2, 0.25) is 0 Å². The lowest BCUT2D eigenvalue weighted by Crippen LogP contribution is -1.95. The smallest absolute Gasteiger partial charge is 0.0577 e. The monoisotopic (exact) mass is 261 g/mol. The van der Waals surface area contributed by atoms with E-state index in [1.165, 1.54) is 25.7 Å². The van der Waals surface area contributed by atoms with E-state index < -0.39 is 0 Å². The topological polar surface area (TPSA) is 26.0 Å². The molecule has 4 heteroatoms. The first kappa shape index (κ1) is 11.4. The highest BCUT2D eigenvalue weighted by Gasteiger charge is 2.19. The predicted molar refractivity (Wildman–Crippen MR) is 69.0 cm³/mol. The molecule has 15 heavy (non-hydrogen) atoms. The summed E-state index contributed by atoms with van der Waals surface area (Å²) in [4.78, 5) is 0.986. The molecule has 1 nitrogen and oxygen atoms in total.